The van der Waals surface area contributed by atoms with Crippen LogP contribution < -0.4 is 5.32 Å². The van der Waals surface area contributed by atoms with Gasteiger partial charge in [-0.05, 0) is 25.8 Å². The Hall–Kier alpha value is -0.410. The fourth-order valence-electron chi connectivity index (χ4n) is 1.96. The molecule has 0 aromatic carbocycles. The number of aromatic nitrogens is 1. The third-order valence-electron chi connectivity index (χ3n) is 2.69. The Labute approximate surface area is 97.1 Å². The predicted octanol–water partition coefficient (Wildman–Crippen LogP) is 3.54. The summed E-state index contributed by atoms with van der Waals surface area (Å²) in [6.07, 6.45) is 2.50. The molecule has 0 spiro atoms. The zero-order chi connectivity index (χ0) is 11.3. The topological polar surface area (TPSA) is 24.9 Å². The minimum atomic E-state index is 0.430. The van der Waals surface area contributed by atoms with Gasteiger partial charge in [-0.25, -0.2) is 4.98 Å². The molecular formula is C12H22N2S. The molecule has 0 aliphatic carbocycles. The average Bonchev–Trinajstić information content (AvgIpc) is 2.61. The first kappa shape index (κ1) is 12.7. The number of nitrogens with one attached hydrogen (secondary N) is 1. The SMILES string of the molecule is CCCC(C)C(NCC)c1csc(C)n1. The van der Waals surface area contributed by atoms with Gasteiger partial charge < -0.3 is 5.32 Å². The molecule has 15 heavy (non-hydrogen) atoms. The Morgan fingerprint density at radius 2 is 2.20 bits per heavy atom. The second-order valence-corrected chi connectivity index (χ2v) is 5.15. The van der Waals surface area contributed by atoms with E-state index in [1.54, 1.807) is 11.3 Å². The lowest BCUT2D eigenvalue weighted by Gasteiger charge is -2.22. The van der Waals surface area contributed by atoms with Crippen molar-refractivity contribution in [3.8, 4) is 0 Å². The first-order valence-corrected chi connectivity index (χ1v) is 6.72. The summed E-state index contributed by atoms with van der Waals surface area (Å²) < 4.78 is 0. The molecule has 1 aromatic heterocycles. The molecule has 0 saturated carbocycles. The standard InChI is InChI=1S/C12H22N2S/c1-5-7-9(3)12(13-6-2)11-8-15-10(4)14-11/h8-9,12-13H,5-7H2,1-4H3. The Kier molecular flexibility index (Phi) is 5.26. The predicted molar refractivity (Wildman–Crippen MR) is 67.3 cm³/mol. The Bertz CT molecular complexity index is 283. The highest BCUT2D eigenvalue weighted by molar-refractivity contribution is 7.09. The maximum Gasteiger partial charge on any atom is 0.0898 e. The number of aryl methyl sites for hydroxylation is 1. The summed E-state index contributed by atoms with van der Waals surface area (Å²) in [5, 5.41) is 6.89. The molecule has 3 heteroatoms. The van der Waals surface area contributed by atoms with Gasteiger partial charge in [-0.3, -0.25) is 0 Å². The van der Waals surface area contributed by atoms with E-state index in [1.807, 2.05) is 0 Å². The minimum Gasteiger partial charge on any atom is -0.309 e. The van der Waals surface area contributed by atoms with E-state index >= 15 is 0 Å². The van der Waals surface area contributed by atoms with E-state index in [9.17, 15) is 0 Å². The average molecular weight is 226 g/mol. The van der Waals surface area contributed by atoms with Crippen molar-refractivity contribution in [2.24, 2.45) is 5.92 Å². The second kappa shape index (κ2) is 6.23. The Balaban J connectivity index is 2.72. The second-order valence-electron chi connectivity index (χ2n) is 4.09. The number of hydrogen-bond acceptors (Lipinski definition) is 3. The van der Waals surface area contributed by atoms with E-state index in [2.05, 4.69) is 43.4 Å². The van der Waals surface area contributed by atoms with Crippen molar-refractivity contribution >= 4 is 11.3 Å². The summed E-state index contributed by atoms with van der Waals surface area (Å²) in [5.41, 5.74) is 1.22. The molecule has 86 valence electrons. The van der Waals surface area contributed by atoms with Crippen LogP contribution in [0.15, 0.2) is 5.38 Å². The van der Waals surface area contributed by atoms with Crippen LogP contribution in [0.3, 0.4) is 0 Å². The highest BCUT2D eigenvalue weighted by Crippen LogP contribution is 2.26. The molecule has 0 saturated heterocycles. The van der Waals surface area contributed by atoms with E-state index in [0.717, 1.165) is 11.6 Å². The summed E-state index contributed by atoms with van der Waals surface area (Å²) in [6, 6.07) is 0.430. The molecule has 2 atom stereocenters. The number of nitrogens with zero attached hydrogens (tertiary/aromatic N) is 1. The molecule has 0 aliphatic heterocycles. The van der Waals surface area contributed by atoms with E-state index in [-0.39, 0.29) is 0 Å². The summed E-state index contributed by atoms with van der Waals surface area (Å²) in [5.74, 6) is 0.663. The van der Waals surface area contributed by atoms with Crippen LogP contribution in [0.5, 0.6) is 0 Å². The minimum absolute atomic E-state index is 0.430. The molecular weight excluding hydrogens is 204 g/mol. The molecule has 1 heterocycles. The largest absolute Gasteiger partial charge is 0.309 e. The smallest absolute Gasteiger partial charge is 0.0898 e. The van der Waals surface area contributed by atoms with E-state index in [1.165, 1.54) is 18.5 Å². The summed E-state index contributed by atoms with van der Waals surface area (Å²) in [6.45, 7) is 9.79. The number of thiazole rings is 1. The highest BCUT2D eigenvalue weighted by atomic mass is 32.1. The molecule has 0 bridgehead atoms. The molecule has 1 aromatic rings. The van der Waals surface area contributed by atoms with Crippen LogP contribution in [-0.2, 0) is 0 Å². The lowest BCUT2D eigenvalue weighted by molar-refractivity contribution is 0.363. The first-order valence-electron chi connectivity index (χ1n) is 5.84. The van der Waals surface area contributed by atoms with Gasteiger partial charge in [0.1, 0.15) is 0 Å². The van der Waals surface area contributed by atoms with Gasteiger partial charge in [-0.1, -0.05) is 27.2 Å². The molecule has 2 nitrogen and oxygen atoms in total. The van der Waals surface area contributed by atoms with Crippen molar-refractivity contribution in [1.82, 2.24) is 10.3 Å². The van der Waals surface area contributed by atoms with Gasteiger partial charge >= 0.3 is 0 Å². The van der Waals surface area contributed by atoms with E-state index < -0.39 is 0 Å². The van der Waals surface area contributed by atoms with Gasteiger partial charge in [0.2, 0.25) is 0 Å². The van der Waals surface area contributed by atoms with E-state index in [4.69, 9.17) is 0 Å². The molecule has 0 aliphatic rings. The van der Waals surface area contributed by atoms with Gasteiger partial charge in [-0.2, -0.15) is 0 Å². The third kappa shape index (κ3) is 3.58. The normalized spacial score (nSPS) is 15.2. The lowest BCUT2D eigenvalue weighted by Crippen LogP contribution is -2.27. The van der Waals surface area contributed by atoms with Crippen molar-refractivity contribution in [2.45, 2.75) is 46.6 Å². The zero-order valence-corrected chi connectivity index (χ0v) is 11.0. The van der Waals surface area contributed by atoms with Crippen molar-refractivity contribution in [3.63, 3.8) is 0 Å². The lowest BCUT2D eigenvalue weighted by atomic mass is 9.95. The molecule has 1 N–H and O–H groups in total. The van der Waals surface area contributed by atoms with Crippen molar-refractivity contribution in [3.05, 3.63) is 16.1 Å². The Morgan fingerprint density at radius 3 is 2.67 bits per heavy atom. The van der Waals surface area contributed by atoms with Crippen LogP contribution in [0.4, 0.5) is 0 Å². The van der Waals surface area contributed by atoms with Crippen LogP contribution in [-0.4, -0.2) is 11.5 Å². The quantitative estimate of drug-likeness (QED) is 0.802. The van der Waals surface area contributed by atoms with Gasteiger partial charge in [0.15, 0.2) is 0 Å². The van der Waals surface area contributed by atoms with Crippen LogP contribution in [0, 0.1) is 12.8 Å². The van der Waals surface area contributed by atoms with Crippen LogP contribution in [0.2, 0.25) is 0 Å². The Morgan fingerprint density at radius 1 is 1.47 bits per heavy atom. The first-order chi connectivity index (χ1) is 7.19. The molecule has 1 rings (SSSR count). The monoisotopic (exact) mass is 226 g/mol. The highest BCUT2D eigenvalue weighted by Gasteiger charge is 2.19. The van der Waals surface area contributed by atoms with Crippen LogP contribution in [0.25, 0.3) is 0 Å². The fourth-order valence-corrected chi connectivity index (χ4v) is 2.61. The number of rotatable bonds is 6. The van der Waals surface area contributed by atoms with Crippen LogP contribution in [0.1, 0.15) is 50.4 Å². The summed E-state index contributed by atoms with van der Waals surface area (Å²) >= 11 is 1.74. The van der Waals surface area contributed by atoms with Crippen molar-refractivity contribution in [1.29, 1.82) is 0 Å². The fraction of sp³-hybridized carbons (Fsp3) is 0.750. The summed E-state index contributed by atoms with van der Waals surface area (Å²) in [4.78, 5) is 4.59. The maximum absolute atomic E-state index is 4.59. The molecule has 0 fully saturated rings. The van der Waals surface area contributed by atoms with Crippen LogP contribution >= 0.6 is 11.3 Å². The molecule has 0 amide bonds. The maximum atomic E-state index is 4.59. The summed E-state index contributed by atoms with van der Waals surface area (Å²) in [7, 11) is 0. The third-order valence-corrected chi connectivity index (χ3v) is 3.48. The van der Waals surface area contributed by atoms with Gasteiger partial charge in [0.05, 0.1) is 16.7 Å². The molecule has 0 radical (unpaired) electrons. The van der Waals surface area contributed by atoms with Gasteiger partial charge in [0.25, 0.3) is 0 Å². The van der Waals surface area contributed by atoms with Gasteiger partial charge in [0, 0.05) is 5.38 Å². The zero-order valence-electron chi connectivity index (χ0n) is 10.2. The van der Waals surface area contributed by atoms with Gasteiger partial charge in [-0.15, -0.1) is 11.3 Å². The van der Waals surface area contributed by atoms with Crippen molar-refractivity contribution in [2.75, 3.05) is 6.54 Å². The van der Waals surface area contributed by atoms with E-state index in [0.29, 0.717) is 12.0 Å². The number of hydrogen-bond donors (Lipinski definition) is 1. The molecule has 2 unspecified atom stereocenters. The van der Waals surface area contributed by atoms with Crippen molar-refractivity contribution < 1.29 is 0 Å².